The smallest absolute Gasteiger partial charge is 0.292 e. The molecule has 0 atom stereocenters. The zero-order valence-corrected chi connectivity index (χ0v) is 17.4. The van der Waals surface area contributed by atoms with Crippen molar-refractivity contribution in [2.75, 3.05) is 5.32 Å². The van der Waals surface area contributed by atoms with Crippen LogP contribution in [0.4, 0.5) is 5.82 Å². The minimum absolute atomic E-state index is 0.0607. The maximum Gasteiger partial charge on any atom is 0.292 e. The van der Waals surface area contributed by atoms with E-state index >= 15 is 0 Å². The van der Waals surface area contributed by atoms with Crippen LogP contribution in [0, 0.1) is 11.3 Å². The van der Waals surface area contributed by atoms with Crippen molar-refractivity contribution in [1.29, 1.82) is 5.26 Å². The fraction of sp³-hybridized carbons (Fsp3) is 0.0455. The molecule has 1 N–H and O–H groups in total. The van der Waals surface area contributed by atoms with Crippen LogP contribution in [0.15, 0.2) is 71.3 Å². The Morgan fingerprint density at radius 1 is 1.16 bits per heavy atom. The predicted molar refractivity (Wildman–Crippen MR) is 116 cm³/mol. The minimum Gasteiger partial charge on any atom is -0.484 e. The molecule has 0 saturated carbocycles. The van der Waals surface area contributed by atoms with Crippen molar-refractivity contribution in [2.24, 2.45) is 0 Å². The summed E-state index contributed by atoms with van der Waals surface area (Å²) in [6.45, 7) is 0.0695. The van der Waals surface area contributed by atoms with E-state index in [-0.39, 0.29) is 23.7 Å². The van der Waals surface area contributed by atoms with Crippen LogP contribution in [0.25, 0.3) is 5.69 Å². The molecule has 7 nitrogen and oxygen atoms in total. The normalized spacial score (nSPS) is 10.5. The van der Waals surface area contributed by atoms with Gasteiger partial charge < -0.3 is 14.5 Å². The van der Waals surface area contributed by atoms with E-state index in [1.54, 1.807) is 24.3 Å². The van der Waals surface area contributed by atoms with E-state index < -0.39 is 5.91 Å². The molecule has 4 rings (SSSR count). The van der Waals surface area contributed by atoms with Gasteiger partial charge in [-0.15, -0.1) is 0 Å². The van der Waals surface area contributed by atoms with Gasteiger partial charge >= 0.3 is 0 Å². The van der Waals surface area contributed by atoms with Crippen LogP contribution in [0.3, 0.4) is 0 Å². The van der Waals surface area contributed by atoms with Crippen LogP contribution in [0.2, 0.25) is 10.0 Å². The van der Waals surface area contributed by atoms with Gasteiger partial charge in [0.1, 0.15) is 29.7 Å². The maximum absolute atomic E-state index is 12.7. The number of rotatable bonds is 6. The Labute approximate surface area is 187 Å². The molecule has 0 bridgehead atoms. The first kappa shape index (κ1) is 20.5. The van der Waals surface area contributed by atoms with Crippen LogP contribution in [0.5, 0.6) is 5.75 Å². The third-order valence-electron chi connectivity index (χ3n) is 4.27. The lowest BCUT2D eigenvalue weighted by Gasteiger charge is -2.08. The molecular weight excluding hydrogens is 439 g/mol. The largest absolute Gasteiger partial charge is 0.484 e. The third-order valence-corrected chi connectivity index (χ3v) is 4.80. The molecule has 0 aliphatic heterocycles. The van der Waals surface area contributed by atoms with Crippen LogP contribution in [-0.4, -0.2) is 15.7 Å². The van der Waals surface area contributed by atoms with Gasteiger partial charge in [0.2, 0.25) is 0 Å². The second kappa shape index (κ2) is 8.96. The molecule has 1 amide bonds. The van der Waals surface area contributed by atoms with Gasteiger partial charge in [0.05, 0.1) is 16.9 Å². The van der Waals surface area contributed by atoms with Crippen molar-refractivity contribution in [3.8, 4) is 17.5 Å². The number of nitrogens with one attached hydrogen (secondary N) is 1. The number of para-hydroxylation sites is 1. The number of carbonyl (C=O) groups excluding carboxylic acids is 1. The summed E-state index contributed by atoms with van der Waals surface area (Å²) in [6, 6.07) is 19.2. The summed E-state index contributed by atoms with van der Waals surface area (Å²) in [5.41, 5.74) is 0.928. The fourth-order valence-corrected chi connectivity index (χ4v) is 3.27. The number of hydrogen-bond acceptors (Lipinski definition) is 5. The summed E-state index contributed by atoms with van der Waals surface area (Å²) in [5, 5.41) is 17.1. The highest BCUT2D eigenvalue weighted by Gasteiger charge is 2.18. The molecule has 0 saturated heterocycles. The van der Waals surface area contributed by atoms with Crippen LogP contribution < -0.4 is 10.1 Å². The number of halogens is 2. The molecule has 4 aromatic rings. The SMILES string of the molecule is N#Cc1cnn(-c2ccccc2)c1NC(=O)c1ccc(COc2ccc(Cl)cc2Cl)o1. The van der Waals surface area contributed by atoms with Crippen molar-refractivity contribution < 1.29 is 13.9 Å². The van der Waals surface area contributed by atoms with Gasteiger partial charge in [-0.05, 0) is 42.5 Å². The number of amides is 1. The highest BCUT2D eigenvalue weighted by atomic mass is 35.5. The topological polar surface area (TPSA) is 93.1 Å². The molecule has 0 aliphatic rings. The number of carbonyl (C=O) groups is 1. The van der Waals surface area contributed by atoms with E-state index in [1.807, 2.05) is 36.4 Å². The number of nitrogens with zero attached hydrogens (tertiary/aromatic N) is 3. The zero-order valence-electron chi connectivity index (χ0n) is 15.9. The highest BCUT2D eigenvalue weighted by molar-refractivity contribution is 6.35. The Morgan fingerprint density at radius 2 is 1.97 bits per heavy atom. The molecule has 0 aliphatic carbocycles. The van der Waals surface area contributed by atoms with Gasteiger partial charge in [-0.2, -0.15) is 10.4 Å². The molecule has 2 aromatic carbocycles. The van der Waals surface area contributed by atoms with E-state index in [1.165, 1.54) is 16.9 Å². The monoisotopic (exact) mass is 452 g/mol. The number of nitriles is 1. The molecular formula is C22H14Cl2N4O3. The highest BCUT2D eigenvalue weighted by Crippen LogP contribution is 2.28. The number of anilines is 1. The Hall–Kier alpha value is -3.73. The Kier molecular flexibility index (Phi) is 5.94. The fourth-order valence-electron chi connectivity index (χ4n) is 2.80. The standard InChI is InChI=1S/C22H14Cl2N4O3/c23-15-6-8-19(18(24)10-15)30-13-17-7-9-20(31-17)22(29)27-21-14(11-25)12-26-28(21)16-4-2-1-3-5-16/h1-10,12H,13H2,(H,27,29). The van der Waals surface area contributed by atoms with Crippen LogP contribution in [0.1, 0.15) is 21.9 Å². The second-order valence-corrected chi connectivity index (χ2v) is 7.19. The van der Waals surface area contributed by atoms with E-state index in [4.69, 9.17) is 32.4 Å². The van der Waals surface area contributed by atoms with Gasteiger partial charge in [-0.1, -0.05) is 41.4 Å². The first-order valence-corrected chi connectivity index (χ1v) is 9.82. The Bertz CT molecular complexity index is 1280. The predicted octanol–water partition coefficient (Wildman–Crippen LogP) is 5.48. The van der Waals surface area contributed by atoms with Crippen LogP contribution >= 0.6 is 23.2 Å². The summed E-state index contributed by atoms with van der Waals surface area (Å²) < 4.78 is 12.7. The van der Waals surface area contributed by atoms with E-state index in [2.05, 4.69) is 10.4 Å². The molecule has 0 radical (unpaired) electrons. The molecule has 0 spiro atoms. The summed E-state index contributed by atoms with van der Waals surface area (Å²) in [4.78, 5) is 12.7. The lowest BCUT2D eigenvalue weighted by Crippen LogP contribution is -2.15. The number of benzene rings is 2. The minimum atomic E-state index is -0.523. The van der Waals surface area contributed by atoms with Gasteiger partial charge in [0.15, 0.2) is 11.6 Å². The summed E-state index contributed by atoms with van der Waals surface area (Å²) >= 11 is 12.0. The second-order valence-electron chi connectivity index (χ2n) is 6.35. The first-order chi connectivity index (χ1) is 15.0. The molecule has 2 heterocycles. The molecule has 154 valence electrons. The first-order valence-electron chi connectivity index (χ1n) is 9.06. The number of ether oxygens (including phenoxy) is 1. The molecule has 0 unspecified atom stereocenters. The summed E-state index contributed by atoms with van der Waals surface area (Å²) in [5.74, 6) is 0.656. The number of aromatic nitrogens is 2. The maximum atomic E-state index is 12.7. The third kappa shape index (κ3) is 4.56. The summed E-state index contributed by atoms with van der Waals surface area (Å²) in [7, 11) is 0. The Balaban J connectivity index is 1.49. The van der Waals surface area contributed by atoms with Crippen molar-refractivity contribution >= 4 is 34.9 Å². The van der Waals surface area contributed by atoms with Gasteiger partial charge in [-0.3, -0.25) is 4.79 Å². The van der Waals surface area contributed by atoms with Gasteiger partial charge in [0, 0.05) is 5.02 Å². The van der Waals surface area contributed by atoms with Crippen molar-refractivity contribution in [1.82, 2.24) is 9.78 Å². The van der Waals surface area contributed by atoms with Gasteiger partial charge in [-0.25, -0.2) is 4.68 Å². The molecule has 2 aromatic heterocycles. The van der Waals surface area contributed by atoms with Crippen molar-refractivity contribution in [3.05, 3.63) is 94.0 Å². The van der Waals surface area contributed by atoms with Gasteiger partial charge in [0.25, 0.3) is 5.91 Å². The zero-order chi connectivity index (χ0) is 21.8. The lowest BCUT2D eigenvalue weighted by atomic mass is 10.3. The number of furan rings is 1. The Morgan fingerprint density at radius 3 is 2.71 bits per heavy atom. The summed E-state index contributed by atoms with van der Waals surface area (Å²) in [6.07, 6.45) is 1.39. The van der Waals surface area contributed by atoms with Crippen molar-refractivity contribution in [3.63, 3.8) is 0 Å². The molecule has 31 heavy (non-hydrogen) atoms. The van der Waals surface area contributed by atoms with Crippen LogP contribution in [-0.2, 0) is 6.61 Å². The molecule has 9 heteroatoms. The average Bonchev–Trinajstić information content (AvgIpc) is 3.41. The average molecular weight is 453 g/mol. The quantitative estimate of drug-likeness (QED) is 0.418. The van der Waals surface area contributed by atoms with Crippen molar-refractivity contribution in [2.45, 2.75) is 6.61 Å². The number of hydrogen-bond donors (Lipinski definition) is 1. The molecule has 0 fully saturated rings. The van der Waals surface area contributed by atoms with E-state index in [0.717, 1.165) is 0 Å². The van der Waals surface area contributed by atoms with E-state index in [0.29, 0.717) is 27.2 Å². The van der Waals surface area contributed by atoms with E-state index in [9.17, 15) is 10.1 Å². The lowest BCUT2D eigenvalue weighted by molar-refractivity contribution is 0.0992.